The molecule has 5 heteroatoms. The first kappa shape index (κ1) is 20.6. The van der Waals surface area contributed by atoms with E-state index in [1.807, 2.05) is 42.5 Å². The molecule has 0 aliphatic heterocycles. The molecule has 0 atom stereocenters. The SMILES string of the molecule is C=CCC(CC=C)(CNC(=O)C(=O)Nc1ccc(Br)cc1)c1ccccc1. The molecule has 2 aromatic carbocycles. The van der Waals surface area contributed by atoms with Gasteiger partial charge >= 0.3 is 11.8 Å². The molecule has 27 heavy (non-hydrogen) atoms. The predicted octanol–water partition coefficient (Wildman–Crippen LogP) is 4.59. The molecule has 0 aliphatic rings. The summed E-state index contributed by atoms with van der Waals surface area (Å²) in [6.07, 6.45) is 4.95. The van der Waals surface area contributed by atoms with Gasteiger partial charge < -0.3 is 10.6 Å². The highest BCUT2D eigenvalue weighted by molar-refractivity contribution is 9.10. The summed E-state index contributed by atoms with van der Waals surface area (Å²) in [5.41, 5.74) is 1.24. The van der Waals surface area contributed by atoms with Gasteiger partial charge in [-0.25, -0.2) is 0 Å². The Balaban J connectivity index is 2.09. The number of carbonyl (C=O) groups excluding carboxylic acids is 2. The summed E-state index contributed by atoms with van der Waals surface area (Å²) in [5, 5.41) is 5.36. The molecular weight excluding hydrogens is 404 g/mol. The third-order valence-electron chi connectivity index (χ3n) is 4.35. The van der Waals surface area contributed by atoms with Crippen LogP contribution in [0.15, 0.2) is 84.4 Å². The van der Waals surface area contributed by atoms with E-state index in [4.69, 9.17) is 0 Å². The van der Waals surface area contributed by atoms with E-state index in [1.165, 1.54) is 0 Å². The van der Waals surface area contributed by atoms with Crippen LogP contribution >= 0.6 is 15.9 Å². The maximum atomic E-state index is 12.3. The minimum absolute atomic E-state index is 0.307. The van der Waals surface area contributed by atoms with Gasteiger partial charge in [-0.2, -0.15) is 0 Å². The second-order valence-corrected chi connectivity index (χ2v) is 7.19. The van der Waals surface area contributed by atoms with Crippen molar-refractivity contribution in [3.63, 3.8) is 0 Å². The Morgan fingerprint density at radius 3 is 2.07 bits per heavy atom. The summed E-state index contributed by atoms with van der Waals surface area (Å²) in [4.78, 5) is 24.5. The zero-order valence-corrected chi connectivity index (χ0v) is 16.7. The van der Waals surface area contributed by atoms with Gasteiger partial charge in [-0.15, -0.1) is 13.2 Å². The van der Waals surface area contributed by atoms with Crippen molar-refractivity contribution in [3.05, 3.63) is 89.9 Å². The van der Waals surface area contributed by atoms with E-state index in [0.717, 1.165) is 10.0 Å². The van der Waals surface area contributed by atoms with Gasteiger partial charge in [-0.1, -0.05) is 58.4 Å². The molecule has 0 aliphatic carbocycles. The predicted molar refractivity (Wildman–Crippen MR) is 114 cm³/mol. The number of anilines is 1. The van der Waals surface area contributed by atoms with E-state index in [1.54, 1.807) is 24.3 Å². The summed E-state index contributed by atoms with van der Waals surface area (Å²) >= 11 is 3.33. The molecule has 0 fully saturated rings. The molecule has 0 aromatic heterocycles. The van der Waals surface area contributed by atoms with Crippen LogP contribution in [0.2, 0.25) is 0 Å². The fourth-order valence-corrected chi connectivity index (χ4v) is 3.22. The highest BCUT2D eigenvalue weighted by atomic mass is 79.9. The molecule has 0 heterocycles. The zero-order valence-electron chi connectivity index (χ0n) is 15.1. The largest absolute Gasteiger partial charge is 0.347 e. The molecular formula is C22H23BrN2O2. The minimum Gasteiger partial charge on any atom is -0.347 e. The molecule has 0 unspecified atom stereocenters. The van der Waals surface area contributed by atoms with Crippen molar-refractivity contribution in [3.8, 4) is 0 Å². The summed E-state index contributed by atoms with van der Waals surface area (Å²) < 4.78 is 0.895. The van der Waals surface area contributed by atoms with E-state index >= 15 is 0 Å². The summed E-state index contributed by atoms with van der Waals surface area (Å²) in [6.45, 7) is 8.00. The van der Waals surface area contributed by atoms with Crippen molar-refractivity contribution in [1.82, 2.24) is 5.32 Å². The quantitative estimate of drug-likeness (QED) is 0.478. The Morgan fingerprint density at radius 1 is 0.926 bits per heavy atom. The summed E-state index contributed by atoms with van der Waals surface area (Å²) in [7, 11) is 0. The van der Waals surface area contributed by atoms with Gasteiger partial charge in [0.1, 0.15) is 0 Å². The molecule has 0 spiro atoms. The normalized spacial score (nSPS) is 10.7. The number of benzene rings is 2. The molecule has 0 saturated carbocycles. The number of allylic oxidation sites excluding steroid dienone is 2. The minimum atomic E-state index is -0.698. The molecule has 0 saturated heterocycles. The van der Waals surface area contributed by atoms with Gasteiger partial charge in [-0.05, 0) is 42.7 Å². The Kier molecular flexibility index (Phi) is 7.55. The van der Waals surface area contributed by atoms with E-state index < -0.39 is 17.2 Å². The van der Waals surface area contributed by atoms with Crippen LogP contribution in [0.5, 0.6) is 0 Å². The number of nitrogens with one attached hydrogen (secondary N) is 2. The van der Waals surface area contributed by atoms with E-state index in [2.05, 4.69) is 39.7 Å². The van der Waals surface area contributed by atoms with Gasteiger partial charge in [-0.3, -0.25) is 9.59 Å². The van der Waals surface area contributed by atoms with Crippen LogP contribution in [-0.2, 0) is 15.0 Å². The highest BCUT2D eigenvalue weighted by Crippen LogP contribution is 2.32. The Labute approximate surface area is 168 Å². The van der Waals surface area contributed by atoms with Crippen LogP contribution < -0.4 is 10.6 Å². The lowest BCUT2D eigenvalue weighted by Crippen LogP contribution is -2.44. The number of hydrogen-bond acceptors (Lipinski definition) is 2. The second kappa shape index (κ2) is 9.88. The molecule has 2 aromatic rings. The van der Waals surface area contributed by atoms with Crippen molar-refractivity contribution in [1.29, 1.82) is 0 Å². The Hall–Kier alpha value is -2.66. The third-order valence-corrected chi connectivity index (χ3v) is 4.88. The molecule has 4 nitrogen and oxygen atoms in total. The maximum Gasteiger partial charge on any atom is 0.313 e. The number of carbonyl (C=O) groups is 2. The van der Waals surface area contributed by atoms with Crippen molar-refractivity contribution >= 4 is 33.4 Å². The fraction of sp³-hybridized carbons (Fsp3) is 0.182. The van der Waals surface area contributed by atoms with Gasteiger partial charge in [0.2, 0.25) is 0 Å². The molecule has 140 valence electrons. The van der Waals surface area contributed by atoms with Crippen molar-refractivity contribution in [2.45, 2.75) is 18.3 Å². The molecule has 2 rings (SSSR count). The number of rotatable bonds is 8. The van der Waals surface area contributed by atoms with Crippen molar-refractivity contribution < 1.29 is 9.59 Å². The van der Waals surface area contributed by atoms with Crippen LogP contribution in [0.25, 0.3) is 0 Å². The smallest absolute Gasteiger partial charge is 0.313 e. The monoisotopic (exact) mass is 426 g/mol. The maximum absolute atomic E-state index is 12.3. The zero-order chi connectivity index (χ0) is 19.7. The van der Waals surface area contributed by atoms with Crippen molar-refractivity contribution in [2.24, 2.45) is 0 Å². The lowest BCUT2D eigenvalue weighted by atomic mass is 9.74. The van der Waals surface area contributed by atoms with E-state index in [-0.39, 0.29) is 0 Å². The first-order valence-electron chi connectivity index (χ1n) is 8.63. The number of halogens is 1. The highest BCUT2D eigenvalue weighted by Gasteiger charge is 2.31. The van der Waals surface area contributed by atoms with Crippen LogP contribution in [0, 0.1) is 0 Å². The van der Waals surface area contributed by atoms with Crippen molar-refractivity contribution in [2.75, 3.05) is 11.9 Å². The lowest BCUT2D eigenvalue weighted by molar-refractivity contribution is -0.136. The van der Waals surface area contributed by atoms with Crippen LogP contribution in [0.1, 0.15) is 18.4 Å². The Morgan fingerprint density at radius 2 is 1.52 bits per heavy atom. The van der Waals surface area contributed by atoms with Gasteiger partial charge in [0.05, 0.1) is 0 Å². The van der Waals surface area contributed by atoms with Crippen LogP contribution in [-0.4, -0.2) is 18.4 Å². The van der Waals surface area contributed by atoms with E-state index in [0.29, 0.717) is 25.1 Å². The number of hydrogen-bond donors (Lipinski definition) is 2. The second-order valence-electron chi connectivity index (χ2n) is 6.28. The topological polar surface area (TPSA) is 58.2 Å². The van der Waals surface area contributed by atoms with Crippen LogP contribution in [0.4, 0.5) is 5.69 Å². The van der Waals surface area contributed by atoms with Gasteiger partial charge in [0, 0.05) is 22.1 Å². The Bertz CT molecular complexity index is 791. The summed E-state index contributed by atoms with van der Waals surface area (Å²) in [5.74, 6) is -1.37. The fourth-order valence-electron chi connectivity index (χ4n) is 2.96. The molecule has 0 radical (unpaired) electrons. The molecule has 2 N–H and O–H groups in total. The molecule has 0 bridgehead atoms. The summed E-state index contributed by atoms with van der Waals surface area (Å²) in [6, 6.07) is 16.9. The average Bonchev–Trinajstić information content (AvgIpc) is 2.68. The first-order valence-corrected chi connectivity index (χ1v) is 9.42. The number of amides is 2. The van der Waals surface area contributed by atoms with Gasteiger partial charge in [0.15, 0.2) is 0 Å². The average molecular weight is 427 g/mol. The lowest BCUT2D eigenvalue weighted by Gasteiger charge is -2.33. The van der Waals surface area contributed by atoms with Gasteiger partial charge in [0.25, 0.3) is 0 Å². The third kappa shape index (κ3) is 5.66. The van der Waals surface area contributed by atoms with E-state index in [9.17, 15) is 9.59 Å². The first-order chi connectivity index (χ1) is 13.0. The molecule has 2 amide bonds. The van der Waals surface area contributed by atoms with Crippen LogP contribution in [0.3, 0.4) is 0 Å². The standard InChI is InChI=1S/C22H23BrN2O2/c1-3-14-22(15-4-2,17-8-6-5-7-9-17)16-24-20(26)21(27)25-19-12-10-18(23)11-13-19/h3-13H,1-2,14-16H2,(H,24,26)(H,25,27).